The molecule has 0 atom stereocenters. The van der Waals surface area contributed by atoms with Crippen molar-refractivity contribution in [3.05, 3.63) is 34.1 Å². The van der Waals surface area contributed by atoms with Gasteiger partial charge in [0.2, 0.25) is 5.95 Å². The van der Waals surface area contributed by atoms with Crippen molar-refractivity contribution in [1.29, 1.82) is 0 Å². The number of anilines is 1. The zero-order valence-electron chi connectivity index (χ0n) is 10.9. The molecule has 0 bridgehead atoms. The van der Waals surface area contributed by atoms with Crippen LogP contribution in [0.5, 0.6) is 12.0 Å². The van der Waals surface area contributed by atoms with E-state index in [9.17, 15) is 4.39 Å². The molecule has 0 saturated heterocycles. The summed E-state index contributed by atoms with van der Waals surface area (Å²) in [5.41, 5.74) is 0.484. The highest BCUT2D eigenvalue weighted by Gasteiger charge is 2.08. The van der Waals surface area contributed by atoms with E-state index in [0.717, 1.165) is 4.47 Å². The lowest BCUT2D eigenvalue weighted by Crippen LogP contribution is -2.08. The molecule has 2 aromatic rings. The highest BCUT2D eigenvalue weighted by atomic mass is 79.9. The van der Waals surface area contributed by atoms with E-state index in [-0.39, 0.29) is 30.3 Å². The topological polar surface area (TPSA) is 69.2 Å². The summed E-state index contributed by atoms with van der Waals surface area (Å²) >= 11 is 3.29. The molecule has 0 amide bonds. The molecule has 106 valence electrons. The van der Waals surface area contributed by atoms with Crippen LogP contribution in [0.15, 0.2) is 22.7 Å². The van der Waals surface area contributed by atoms with Crippen LogP contribution >= 0.6 is 15.9 Å². The number of rotatable bonds is 5. The number of methoxy groups -OCH3 is 2. The van der Waals surface area contributed by atoms with E-state index in [4.69, 9.17) is 9.47 Å². The first kappa shape index (κ1) is 14.4. The maximum absolute atomic E-state index is 13.6. The summed E-state index contributed by atoms with van der Waals surface area (Å²) in [6.45, 7) is 0.224. The van der Waals surface area contributed by atoms with Crippen molar-refractivity contribution in [1.82, 2.24) is 15.0 Å². The molecule has 2 rings (SSSR count). The van der Waals surface area contributed by atoms with E-state index in [2.05, 4.69) is 36.2 Å². The molecule has 8 heteroatoms. The van der Waals surface area contributed by atoms with Crippen LogP contribution in [0.2, 0.25) is 0 Å². The zero-order valence-corrected chi connectivity index (χ0v) is 12.4. The number of benzene rings is 1. The number of nitrogens with one attached hydrogen (secondary N) is 1. The molecule has 0 aliphatic rings. The third kappa shape index (κ3) is 3.53. The Morgan fingerprint density at radius 2 is 1.80 bits per heavy atom. The summed E-state index contributed by atoms with van der Waals surface area (Å²) < 4.78 is 24.2. The number of hydrogen-bond donors (Lipinski definition) is 1. The van der Waals surface area contributed by atoms with Gasteiger partial charge in [-0.1, -0.05) is 15.9 Å². The van der Waals surface area contributed by atoms with Gasteiger partial charge in [-0.3, -0.25) is 0 Å². The Kier molecular flexibility index (Phi) is 4.67. The van der Waals surface area contributed by atoms with Gasteiger partial charge in [-0.2, -0.15) is 9.97 Å². The fraction of sp³-hybridized carbons (Fsp3) is 0.250. The number of ether oxygens (including phenoxy) is 2. The second kappa shape index (κ2) is 6.47. The van der Waals surface area contributed by atoms with Crippen LogP contribution < -0.4 is 14.8 Å². The zero-order chi connectivity index (χ0) is 14.5. The highest BCUT2D eigenvalue weighted by molar-refractivity contribution is 9.10. The predicted molar refractivity (Wildman–Crippen MR) is 74.4 cm³/mol. The SMILES string of the molecule is COc1nc(NCc2cc(Br)ccc2F)nc(OC)n1. The van der Waals surface area contributed by atoms with Crippen LogP contribution in [0.1, 0.15) is 5.56 Å². The minimum atomic E-state index is -0.311. The Balaban J connectivity index is 2.16. The van der Waals surface area contributed by atoms with Crippen molar-refractivity contribution in [2.45, 2.75) is 6.54 Å². The van der Waals surface area contributed by atoms with Crippen molar-refractivity contribution >= 4 is 21.9 Å². The Hall–Kier alpha value is -1.96. The van der Waals surface area contributed by atoms with Gasteiger partial charge >= 0.3 is 12.0 Å². The molecule has 0 saturated carbocycles. The Morgan fingerprint density at radius 1 is 1.15 bits per heavy atom. The maximum atomic E-state index is 13.6. The molecule has 20 heavy (non-hydrogen) atoms. The lowest BCUT2D eigenvalue weighted by atomic mass is 10.2. The van der Waals surface area contributed by atoms with Crippen LogP contribution in [-0.4, -0.2) is 29.2 Å². The lowest BCUT2D eigenvalue weighted by Gasteiger charge is -2.08. The van der Waals surface area contributed by atoms with Crippen LogP contribution in [-0.2, 0) is 6.54 Å². The van der Waals surface area contributed by atoms with Crippen LogP contribution in [0, 0.1) is 5.82 Å². The molecular weight excluding hydrogens is 331 g/mol. The largest absolute Gasteiger partial charge is 0.467 e. The first-order valence-electron chi connectivity index (χ1n) is 5.64. The summed E-state index contributed by atoms with van der Waals surface area (Å²) in [6, 6.07) is 4.93. The molecule has 0 unspecified atom stereocenters. The highest BCUT2D eigenvalue weighted by Crippen LogP contribution is 2.17. The van der Waals surface area contributed by atoms with Crippen molar-refractivity contribution in [2.24, 2.45) is 0 Å². The number of halogens is 2. The standard InChI is InChI=1S/C12H12BrFN4O2/c1-19-11-16-10(17-12(18-11)20-2)15-6-7-5-8(13)3-4-9(7)14/h3-5H,6H2,1-2H3,(H,15,16,17,18). The average molecular weight is 343 g/mol. The van der Waals surface area contributed by atoms with Crippen LogP contribution in [0.25, 0.3) is 0 Å². The van der Waals surface area contributed by atoms with Gasteiger partial charge in [0.1, 0.15) is 5.82 Å². The molecule has 0 radical (unpaired) electrons. The predicted octanol–water partition coefficient (Wildman–Crippen LogP) is 2.40. The summed E-state index contributed by atoms with van der Waals surface area (Å²) in [7, 11) is 2.87. The third-order valence-corrected chi connectivity index (χ3v) is 2.90. The van der Waals surface area contributed by atoms with Gasteiger partial charge in [0.05, 0.1) is 14.2 Å². The van der Waals surface area contributed by atoms with Gasteiger partial charge in [0, 0.05) is 16.6 Å². The number of hydrogen-bond acceptors (Lipinski definition) is 6. The third-order valence-electron chi connectivity index (χ3n) is 2.40. The summed E-state index contributed by atoms with van der Waals surface area (Å²) in [5.74, 6) is -0.0678. The van der Waals surface area contributed by atoms with E-state index in [1.54, 1.807) is 12.1 Å². The molecule has 1 aromatic heterocycles. The van der Waals surface area contributed by atoms with Gasteiger partial charge in [-0.05, 0) is 18.2 Å². The quantitative estimate of drug-likeness (QED) is 0.899. The van der Waals surface area contributed by atoms with Crippen LogP contribution in [0.3, 0.4) is 0 Å². The lowest BCUT2D eigenvalue weighted by molar-refractivity contribution is 0.341. The van der Waals surface area contributed by atoms with Gasteiger partial charge < -0.3 is 14.8 Å². The Morgan fingerprint density at radius 3 is 2.40 bits per heavy atom. The summed E-state index contributed by atoms with van der Waals surface area (Å²) in [6.07, 6.45) is 0. The minimum absolute atomic E-state index is 0.120. The van der Waals surface area contributed by atoms with E-state index in [1.165, 1.54) is 20.3 Å². The molecular formula is C12H12BrFN4O2. The minimum Gasteiger partial charge on any atom is -0.467 e. The second-order valence-corrected chi connectivity index (χ2v) is 4.64. The fourth-order valence-corrected chi connectivity index (χ4v) is 1.86. The molecule has 0 spiro atoms. The smallest absolute Gasteiger partial charge is 0.324 e. The molecule has 1 N–H and O–H groups in total. The summed E-state index contributed by atoms with van der Waals surface area (Å²) in [5, 5.41) is 2.90. The first-order valence-corrected chi connectivity index (χ1v) is 6.43. The molecule has 6 nitrogen and oxygen atoms in total. The monoisotopic (exact) mass is 342 g/mol. The van der Waals surface area contributed by atoms with E-state index in [1.807, 2.05) is 0 Å². The fourth-order valence-electron chi connectivity index (χ4n) is 1.45. The van der Waals surface area contributed by atoms with Crippen LogP contribution in [0.4, 0.5) is 10.3 Å². The molecule has 0 fully saturated rings. The second-order valence-electron chi connectivity index (χ2n) is 3.72. The van der Waals surface area contributed by atoms with E-state index < -0.39 is 0 Å². The molecule has 0 aliphatic carbocycles. The van der Waals surface area contributed by atoms with E-state index >= 15 is 0 Å². The number of aromatic nitrogens is 3. The Labute approximate surface area is 123 Å². The Bertz CT molecular complexity index is 590. The van der Waals surface area contributed by atoms with Gasteiger partial charge in [-0.15, -0.1) is 4.98 Å². The maximum Gasteiger partial charge on any atom is 0.324 e. The first-order chi connectivity index (χ1) is 9.62. The molecule has 1 heterocycles. The van der Waals surface area contributed by atoms with Gasteiger partial charge in [0.25, 0.3) is 0 Å². The molecule has 1 aromatic carbocycles. The van der Waals surface area contributed by atoms with Crippen molar-refractivity contribution in [3.8, 4) is 12.0 Å². The van der Waals surface area contributed by atoms with Gasteiger partial charge in [-0.25, -0.2) is 4.39 Å². The normalized spacial score (nSPS) is 10.2. The van der Waals surface area contributed by atoms with Crippen molar-refractivity contribution in [2.75, 3.05) is 19.5 Å². The van der Waals surface area contributed by atoms with Gasteiger partial charge in [0.15, 0.2) is 0 Å². The average Bonchev–Trinajstić information content (AvgIpc) is 2.47. The van der Waals surface area contributed by atoms with Crippen molar-refractivity contribution in [3.63, 3.8) is 0 Å². The van der Waals surface area contributed by atoms with Crippen molar-refractivity contribution < 1.29 is 13.9 Å². The summed E-state index contributed by atoms with van der Waals surface area (Å²) in [4.78, 5) is 11.9. The molecule has 0 aliphatic heterocycles. The van der Waals surface area contributed by atoms with E-state index in [0.29, 0.717) is 5.56 Å². The number of nitrogens with zero attached hydrogens (tertiary/aromatic N) is 3.